The van der Waals surface area contributed by atoms with Crippen molar-refractivity contribution >= 4 is 5.97 Å². The summed E-state index contributed by atoms with van der Waals surface area (Å²) in [4.78, 5) is 13.7. The minimum atomic E-state index is -0.493. The lowest BCUT2D eigenvalue weighted by Crippen LogP contribution is -2.46. The number of hydrogen-bond donors (Lipinski definition) is 0. The largest absolute Gasteiger partial charge is 0.494 e. The van der Waals surface area contributed by atoms with Gasteiger partial charge in [-0.15, -0.1) is 0 Å². The fourth-order valence-electron chi connectivity index (χ4n) is 2.29. The summed E-state index contributed by atoms with van der Waals surface area (Å²) in [6, 6.07) is 7.98. The van der Waals surface area contributed by atoms with Crippen LogP contribution < -0.4 is 4.74 Å². The third-order valence-corrected chi connectivity index (χ3v) is 3.28. The molecule has 110 valence electrons. The number of nitrogens with zero attached hydrogens (tertiary/aromatic N) is 1. The molecular weight excluding hydrogens is 258 g/mol. The molecule has 1 aliphatic heterocycles. The number of benzene rings is 1. The Morgan fingerprint density at radius 2 is 2.25 bits per heavy atom. The molecule has 1 heterocycles. The van der Waals surface area contributed by atoms with Crippen LogP contribution in [0.5, 0.6) is 5.75 Å². The Morgan fingerprint density at radius 1 is 1.45 bits per heavy atom. The van der Waals surface area contributed by atoms with E-state index < -0.39 is 6.10 Å². The Hall–Kier alpha value is -1.59. The number of carbonyl (C=O) groups excluding carboxylic acids is 1. The van der Waals surface area contributed by atoms with Crippen molar-refractivity contribution in [3.8, 4) is 5.75 Å². The SMILES string of the molecule is CCOc1ccccc1CN1CCOC(C(=O)OC)C1. The van der Waals surface area contributed by atoms with Crippen LogP contribution in [0.2, 0.25) is 0 Å². The van der Waals surface area contributed by atoms with Gasteiger partial charge in [-0.25, -0.2) is 4.79 Å². The van der Waals surface area contributed by atoms with Gasteiger partial charge in [-0.3, -0.25) is 4.90 Å². The number of carbonyl (C=O) groups is 1. The van der Waals surface area contributed by atoms with E-state index in [1.165, 1.54) is 7.11 Å². The van der Waals surface area contributed by atoms with E-state index in [0.29, 0.717) is 19.8 Å². The van der Waals surface area contributed by atoms with E-state index in [2.05, 4.69) is 4.90 Å². The summed E-state index contributed by atoms with van der Waals surface area (Å²) in [5.74, 6) is 0.587. The highest BCUT2D eigenvalue weighted by molar-refractivity contribution is 5.74. The lowest BCUT2D eigenvalue weighted by molar-refractivity contribution is -0.160. The topological polar surface area (TPSA) is 48.0 Å². The molecule has 0 bridgehead atoms. The van der Waals surface area contributed by atoms with Crippen molar-refractivity contribution in [2.75, 3.05) is 33.4 Å². The fraction of sp³-hybridized carbons (Fsp3) is 0.533. The molecule has 2 rings (SSSR count). The van der Waals surface area contributed by atoms with Crippen LogP contribution in [0, 0.1) is 0 Å². The van der Waals surface area contributed by atoms with Crippen LogP contribution in [-0.2, 0) is 20.8 Å². The second-order valence-electron chi connectivity index (χ2n) is 4.66. The van der Waals surface area contributed by atoms with Crippen LogP contribution in [0.1, 0.15) is 12.5 Å². The first-order valence-corrected chi connectivity index (χ1v) is 6.87. The van der Waals surface area contributed by atoms with Crippen molar-refractivity contribution in [3.05, 3.63) is 29.8 Å². The van der Waals surface area contributed by atoms with Crippen molar-refractivity contribution in [3.63, 3.8) is 0 Å². The van der Waals surface area contributed by atoms with Gasteiger partial charge in [-0.1, -0.05) is 18.2 Å². The van der Waals surface area contributed by atoms with Crippen molar-refractivity contribution in [2.45, 2.75) is 19.6 Å². The zero-order chi connectivity index (χ0) is 14.4. The van der Waals surface area contributed by atoms with Gasteiger partial charge < -0.3 is 14.2 Å². The van der Waals surface area contributed by atoms with E-state index in [0.717, 1.165) is 24.4 Å². The summed E-state index contributed by atoms with van der Waals surface area (Å²) in [6.07, 6.45) is -0.493. The zero-order valence-electron chi connectivity index (χ0n) is 12.0. The molecule has 5 nitrogen and oxygen atoms in total. The molecule has 20 heavy (non-hydrogen) atoms. The van der Waals surface area contributed by atoms with E-state index in [1.807, 2.05) is 31.2 Å². The number of hydrogen-bond acceptors (Lipinski definition) is 5. The summed E-state index contributed by atoms with van der Waals surface area (Å²) < 4.78 is 15.8. The molecule has 1 unspecified atom stereocenters. The Bertz CT molecular complexity index is 449. The van der Waals surface area contributed by atoms with E-state index in [1.54, 1.807) is 0 Å². The van der Waals surface area contributed by atoms with Crippen LogP contribution in [0.15, 0.2) is 24.3 Å². The maximum atomic E-state index is 11.5. The normalized spacial score (nSPS) is 19.6. The fourth-order valence-corrected chi connectivity index (χ4v) is 2.29. The van der Waals surface area contributed by atoms with Crippen LogP contribution >= 0.6 is 0 Å². The quantitative estimate of drug-likeness (QED) is 0.764. The first-order chi connectivity index (χ1) is 9.74. The molecule has 1 aromatic rings. The van der Waals surface area contributed by atoms with Gasteiger partial charge in [0.15, 0.2) is 6.10 Å². The lowest BCUT2D eigenvalue weighted by atomic mass is 10.1. The minimum absolute atomic E-state index is 0.312. The number of morpholine rings is 1. The van der Waals surface area contributed by atoms with Crippen molar-refractivity contribution < 1.29 is 19.0 Å². The highest BCUT2D eigenvalue weighted by atomic mass is 16.6. The van der Waals surface area contributed by atoms with Crippen LogP contribution in [0.4, 0.5) is 0 Å². The Labute approximate surface area is 119 Å². The average molecular weight is 279 g/mol. The van der Waals surface area contributed by atoms with Crippen molar-refractivity contribution in [1.82, 2.24) is 4.90 Å². The first-order valence-electron chi connectivity index (χ1n) is 6.87. The Morgan fingerprint density at radius 3 is 3.00 bits per heavy atom. The second kappa shape index (κ2) is 7.26. The molecule has 0 aromatic heterocycles. The standard InChI is InChI=1S/C15H21NO4/c1-3-19-13-7-5-4-6-12(13)10-16-8-9-20-14(11-16)15(17)18-2/h4-7,14H,3,8-11H2,1-2H3. The van der Waals surface area contributed by atoms with E-state index >= 15 is 0 Å². The third kappa shape index (κ3) is 3.71. The molecule has 1 atom stereocenters. The lowest BCUT2D eigenvalue weighted by Gasteiger charge is -2.31. The number of methoxy groups -OCH3 is 1. The number of rotatable bonds is 5. The van der Waals surface area contributed by atoms with E-state index in [-0.39, 0.29) is 5.97 Å². The molecule has 1 aromatic carbocycles. The molecular formula is C15H21NO4. The maximum Gasteiger partial charge on any atom is 0.336 e. The number of esters is 1. The van der Waals surface area contributed by atoms with Gasteiger partial charge in [-0.2, -0.15) is 0 Å². The predicted molar refractivity (Wildman–Crippen MR) is 74.6 cm³/mol. The van der Waals surface area contributed by atoms with Crippen LogP contribution in [0.3, 0.4) is 0 Å². The van der Waals surface area contributed by atoms with Gasteiger partial charge in [0.05, 0.1) is 20.3 Å². The number of para-hydroxylation sites is 1. The average Bonchev–Trinajstić information content (AvgIpc) is 2.49. The molecule has 1 saturated heterocycles. The van der Waals surface area contributed by atoms with Gasteiger partial charge in [0.1, 0.15) is 5.75 Å². The molecule has 5 heteroatoms. The maximum absolute atomic E-state index is 11.5. The van der Waals surface area contributed by atoms with Crippen LogP contribution in [0.25, 0.3) is 0 Å². The second-order valence-corrected chi connectivity index (χ2v) is 4.66. The molecule has 1 fully saturated rings. The molecule has 1 aliphatic rings. The Kier molecular flexibility index (Phi) is 5.38. The predicted octanol–water partition coefficient (Wildman–Crippen LogP) is 1.46. The summed E-state index contributed by atoms with van der Waals surface area (Å²) in [5, 5.41) is 0. The van der Waals surface area contributed by atoms with Crippen molar-refractivity contribution in [2.24, 2.45) is 0 Å². The van der Waals surface area contributed by atoms with E-state index in [9.17, 15) is 4.79 Å². The molecule has 0 spiro atoms. The highest BCUT2D eigenvalue weighted by Gasteiger charge is 2.27. The minimum Gasteiger partial charge on any atom is -0.494 e. The summed E-state index contributed by atoms with van der Waals surface area (Å²) in [6.45, 7) is 5.24. The summed E-state index contributed by atoms with van der Waals surface area (Å²) in [7, 11) is 1.38. The molecule has 0 N–H and O–H groups in total. The first kappa shape index (κ1) is 14.8. The molecule has 0 aliphatic carbocycles. The van der Waals surface area contributed by atoms with Crippen LogP contribution in [-0.4, -0.2) is 50.4 Å². The number of ether oxygens (including phenoxy) is 3. The monoisotopic (exact) mass is 279 g/mol. The van der Waals surface area contributed by atoms with Gasteiger partial charge in [0.2, 0.25) is 0 Å². The summed E-state index contributed by atoms with van der Waals surface area (Å²) in [5.41, 5.74) is 1.12. The van der Waals surface area contributed by atoms with Gasteiger partial charge in [0.25, 0.3) is 0 Å². The summed E-state index contributed by atoms with van der Waals surface area (Å²) >= 11 is 0. The molecule has 0 radical (unpaired) electrons. The molecule has 0 amide bonds. The highest BCUT2D eigenvalue weighted by Crippen LogP contribution is 2.21. The smallest absolute Gasteiger partial charge is 0.336 e. The van der Waals surface area contributed by atoms with Gasteiger partial charge >= 0.3 is 5.97 Å². The third-order valence-electron chi connectivity index (χ3n) is 3.28. The Balaban J connectivity index is 2.00. The van der Waals surface area contributed by atoms with Crippen molar-refractivity contribution in [1.29, 1.82) is 0 Å². The molecule has 0 saturated carbocycles. The van der Waals surface area contributed by atoms with Gasteiger partial charge in [-0.05, 0) is 13.0 Å². The van der Waals surface area contributed by atoms with Gasteiger partial charge in [0, 0.05) is 25.2 Å². The zero-order valence-corrected chi connectivity index (χ0v) is 12.0. The van der Waals surface area contributed by atoms with E-state index in [4.69, 9.17) is 14.2 Å².